The number of aromatic nitrogens is 2. The van der Waals surface area contributed by atoms with Gasteiger partial charge in [0.25, 0.3) is 0 Å². The molecule has 1 aromatic heterocycles. The molecule has 1 heterocycles. The largest absolute Gasteiger partial charge is 0.481 e. The molecule has 0 radical (unpaired) electrons. The Bertz CT molecular complexity index is 653. The molecule has 0 spiro atoms. The van der Waals surface area contributed by atoms with Gasteiger partial charge in [0.1, 0.15) is 0 Å². The Balaban J connectivity index is 2.43. The van der Waals surface area contributed by atoms with Gasteiger partial charge in [-0.15, -0.1) is 0 Å². The molecule has 0 bridgehead atoms. The molecule has 0 saturated heterocycles. The molecule has 0 saturated carbocycles. The van der Waals surface area contributed by atoms with Crippen LogP contribution in [0.4, 0.5) is 11.4 Å². The first-order chi connectivity index (χ1) is 9.54. The van der Waals surface area contributed by atoms with Crippen LogP contribution in [-0.2, 0) is 4.79 Å². The first-order valence-electron chi connectivity index (χ1n) is 5.91. The molecule has 0 aliphatic carbocycles. The smallest absolute Gasteiger partial charge is 0.305 e. The number of nitrogens with zero attached hydrogens (tertiary/aromatic N) is 4. The minimum absolute atomic E-state index is 0.0440. The predicted molar refractivity (Wildman–Crippen MR) is 68.6 cm³/mol. The Hall–Kier alpha value is -2.71. The molecule has 2 rings (SSSR count). The maximum absolute atomic E-state index is 10.9. The van der Waals surface area contributed by atoms with E-state index in [4.69, 9.17) is 5.11 Å². The number of nitro groups is 1. The van der Waals surface area contributed by atoms with Crippen molar-refractivity contribution in [2.75, 3.05) is 18.0 Å². The van der Waals surface area contributed by atoms with Gasteiger partial charge < -0.3 is 10.0 Å². The zero-order chi connectivity index (χ0) is 14.7. The van der Waals surface area contributed by atoms with E-state index in [1.165, 1.54) is 12.1 Å². The van der Waals surface area contributed by atoms with Crippen LogP contribution < -0.4 is 4.90 Å². The summed E-state index contributed by atoms with van der Waals surface area (Å²) in [5, 5.41) is 26.8. The van der Waals surface area contributed by atoms with Crippen LogP contribution in [0.15, 0.2) is 16.8 Å². The number of benzene rings is 1. The molecule has 1 aromatic carbocycles. The number of anilines is 1. The molecule has 0 aliphatic heterocycles. The minimum Gasteiger partial charge on any atom is -0.481 e. The summed E-state index contributed by atoms with van der Waals surface area (Å²) in [6.07, 6.45) is -0.0440. The summed E-state index contributed by atoms with van der Waals surface area (Å²) in [4.78, 5) is 22.7. The maximum atomic E-state index is 10.9. The van der Waals surface area contributed by atoms with Crippen molar-refractivity contribution in [3.8, 4) is 0 Å². The SMILES string of the molecule is CCN(CCC(=O)O)c1ccc([N+](=O)[O-])c2nonc12. The summed E-state index contributed by atoms with van der Waals surface area (Å²) in [6.45, 7) is 2.65. The summed E-state index contributed by atoms with van der Waals surface area (Å²) in [5.74, 6) is -0.917. The number of hydrogen-bond donors (Lipinski definition) is 1. The molecule has 1 N–H and O–H groups in total. The van der Waals surface area contributed by atoms with Crippen LogP contribution in [0.5, 0.6) is 0 Å². The second kappa shape index (κ2) is 5.51. The molecule has 0 atom stereocenters. The van der Waals surface area contributed by atoms with Crippen LogP contribution in [0.1, 0.15) is 13.3 Å². The highest BCUT2D eigenvalue weighted by molar-refractivity contribution is 5.93. The lowest BCUT2D eigenvalue weighted by atomic mass is 10.2. The minimum atomic E-state index is -0.917. The molecule has 0 fully saturated rings. The average Bonchev–Trinajstić information content (AvgIpc) is 2.87. The van der Waals surface area contributed by atoms with E-state index in [0.29, 0.717) is 12.2 Å². The van der Waals surface area contributed by atoms with Crippen molar-refractivity contribution in [3.05, 3.63) is 22.2 Å². The normalized spacial score (nSPS) is 10.7. The zero-order valence-corrected chi connectivity index (χ0v) is 10.6. The molecule has 2 aromatic rings. The highest BCUT2D eigenvalue weighted by Gasteiger charge is 2.22. The summed E-state index contributed by atoms with van der Waals surface area (Å²) in [7, 11) is 0. The number of hydrogen-bond acceptors (Lipinski definition) is 7. The summed E-state index contributed by atoms with van der Waals surface area (Å²) in [5.41, 5.74) is 0.683. The second-order valence-electron chi connectivity index (χ2n) is 4.05. The van der Waals surface area contributed by atoms with Gasteiger partial charge in [-0.3, -0.25) is 14.9 Å². The summed E-state index contributed by atoms with van der Waals surface area (Å²) >= 11 is 0. The van der Waals surface area contributed by atoms with Gasteiger partial charge in [0.2, 0.25) is 5.52 Å². The van der Waals surface area contributed by atoms with Gasteiger partial charge in [0, 0.05) is 19.2 Å². The Labute approximate surface area is 112 Å². The number of carboxylic acid groups (broad SMARTS) is 1. The van der Waals surface area contributed by atoms with Gasteiger partial charge in [-0.25, -0.2) is 4.63 Å². The van der Waals surface area contributed by atoms with Gasteiger partial charge in [-0.1, -0.05) is 0 Å². The zero-order valence-electron chi connectivity index (χ0n) is 10.6. The van der Waals surface area contributed by atoms with Crippen LogP contribution in [0.2, 0.25) is 0 Å². The molecule has 0 unspecified atom stereocenters. The Morgan fingerprint density at radius 2 is 2.15 bits per heavy atom. The number of carbonyl (C=O) groups is 1. The molecule has 106 valence electrons. The van der Waals surface area contributed by atoms with Crippen LogP contribution in [0.25, 0.3) is 11.0 Å². The van der Waals surface area contributed by atoms with Crippen molar-refractivity contribution >= 4 is 28.4 Å². The van der Waals surface area contributed by atoms with E-state index in [1.807, 2.05) is 6.92 Å². The fraction of sp³-hybridized carbons (Fsp3) is 0.364. The molecule has 9 heteroatoms. The lowest BCUT2D eigenvalue weighted by Gasteiger charge is -2.21. The molecule has 0 aliphatic rings. The van der Waals surface area contributed by atoms with Crippen molar-refractivity contribution in [2.24, 2.45) is 0 Å². The Morgan fingerprint density at radius 1 is 1.45 bits per heavy atom. The molecule has 0 amide bonds. The van der Waals surface area contributed by atoms with Crippen molar-refractivity contribution in [1.82, 2.24) is 10.3 Å². The number of non-ortho nitro benzene ring substituents is 1. The summed E-state index contributed by atoms with van der Waals surface area (Å²) in [6, 6.07) is 2.83. The number of fused-ring (bicyclic) bond motifs is 1. The van der Waals surface area contributed by atoms with Gasteiger partial charge in [0.05, 0.1) is 17.0 Å². The third-order valence-corrected chi connectivity index (χ3v) is 2.89. The Morgan fingerprint density at radius 3 is 2.75 bits per heavy atom. The lowest BCUT2D eigenvalue weighted by molar-refractivity contribution is -0.383. The van der Waals surface area contributed by atoms with E-state index < -0.39 is 10.9 Å². The van der Waals surface area contributed by atoms with Crippen molar-refractivity contribution in [2.45, 2.75) is 13.3 Å². The third-order valence-electron chi connectivity index (χ3n) is 2.89. The average molecular weight is 280 g/mol. The van der Waals surface area contributed by atoms with Crippen molar-refractivity contribution < 1.29 is 19.5 Å². The highest BCUT2D eigenvalue weighted by Crippen LogP contribution is 2.31. The van der Waals surface area contributed by atoms with E-state index in [9.17, 15) is 14.9 Å². The van der Waals surface area contributed by atoms with Gasteiger partial charge in [-0.2, -0.15) is 0 Å². The second-order valence-corrected chi connectivity index (χ2v) is 4.05. The first-order valence-corrected chi connectivity index (χ1v) is 5.91. The van der Waals surface area contributed by atoms with E-state index in [2.05, 4.69) is 14.9 Å². The third kappa shape index (κ3) is 2.51. The highest BCUT2D eigenvalue weighted by atomic mass is 16.6. The molecular formula is C11H12N4O5. The number of aliphatic carboxylic acids is 1. The maximum Gasteiger partial charge on any atom is 0.305 e. The van der Waals surface area contributed by atoms with Gasteiger partial charge in [-0.05, 0) is 23.3 Å². The van der Waals surface area contributed by atoms with Crippen molar-refractivity contribution in [1.29, 1.82) is 0 Å². The molecule has 9 nitrogen and oxygen atoms in total. The topological polar surface area (TPSA) is 123 Å². The fourth-order valence-corrected chi connectivity index (χ4v) is 1.92. The number of nitro benzene ring substituents is 1. The summed E-state index contributed by atoms with van der Waals surface area (Å²) < 4.78 is 4.57. The van der Waals surface area contributed by atoms with Crippen LogP contribution in [0, 0.1) is 10.1 Å². The fourth-order valence-electron chi connectivity index (χ4n) is 1.92. The standard InChI is InChI=1S/C11H12N4O5/c1-2-14(6-5-9(16)17)7-3-4-8(15(18)19)11-10(7)12-20-13-11/h3-4H,2,5-6H2,1H3,(H,16,17). The predicted octanol–water partition coefficient (Wildman–Crippen LogP) is 1.43. The number of rotatable bonds is 6. The monoisotopic (exact) mass is 280 g/mol. The van der Waals surface area contributed by atoms with Gasteiger partial charge in [0.15, 0.2) is 5.52 Å². The molecular weight excluding hydrogens is 268 g/mol. The van der Waals surface area contributed by atoms with E-state index in [-0.39, 0.29) is 29.7 Å². The van der Waals surface area contributed by atoms with E-state index >= 15 is 0 Å². The van der Waals surface area contributed by atoms with E-state index in [1.54, 1.807) is 4.90 Å². The quantitative estimate of drug-likeness (QED) is 0.622. The van der Waals surface area contributed by atoms with E-state index in [0.717, 1.165) is 0 Å². The Kier molecular flexibility index (Phi) is 3.78. The van der Waals surface area contributed by atoms with Crippen LogP contribution >= 0.6 is 0 Å². The first kappa shape index (κ1) is 13.7. The van der Waals surface area contributed by atoms with Crippen LogP contribution in [0.3, 0.4) is 0 Å². The van der Waals surface area contributed by atoms with Crippen LogP contribution in [-0.4, -0.2) is 39.4 Å². The molecule has 20 heavy (non-hydrogen) atoms. The van der Waals surface area contributed by atoms with Gasteiger partial charge >= 0.3 is 11.7 Å². The lowest BCUT2D eigenvalue weighted by Crippen LogP contribution is -2.26. The van der Waals surface area contributed by atoms with Crippen molar-refractivity contribution in [3.63, 3.8) is 0 Å². The number of carboxylic acids is 1.